The molecule has 1 heterocycles. The molecule has 144 valence electrons. The normalized spacial score (nSPS) is 16.2. The summed E-state index contributed by atoms with van der Waals surface area (Å²) in [4.78, 5) is 14.6. The van der Waals surface area contributed by atoms with Crippen molar-refractivity contribution in [1.29, 1.82) is 0 Å². The van der Waals surface area contributed by atoms with Crippen LogP contribution in [0.5, 0.6) is 5.75 Å². The second kappa shape index (κ2) is 8.65. The van der Waals surface area contributed by atoms with E-state index in [1.165, 1.54) is 4.31 Å². The van der Waals surface area contributed by atoms with Crippen LogP contribution in [-0.2, 0) is 10.0 Å². The summed E-state index contributed by atoms with van der Waals surface area (Å²) < 4.78 is 32.1. The van der Waals surface area contributed by atoms with E-state index in [1.54, 1.807) is 31.4 Å². The molecule has 2 aromatic rings. The van der Waals surface area contributed by atoms with Gasteiger partial charge in [-0.15, -0.1) is 0 Å². The average Bonchev–Trinajstić information content (AvgIpc) is 2.73. The molecule has 0 unspecified atom stereocenters. The Morgan fingerprint density at radius 1 is 0.963 bits per heavy atom. The molecule has 0 radical (unpaired) electrons. The molecular weight excluding hydrogens is 364 g/mol. The Bertz CT molecular complexity index is 859. The Balaban J connectivity index is 1.52. The van der Waals surface area contributed by atoms with Gasteiger partial charge < -0.3 is 9.64 Å². The Kier molecular flexibility index (Phi) is 6.26. The average molecular weight is 388 g/mol. The minimum atomic E-state index is -3.50. The summed E-state index contributed by atoms with van der Waals surface area (Å²) in [7, 11) is -1.95. The number of piperazine rings is 1. The fourth-order valence-corrected chi connectivity index (χ4v) is 4.54. The predicted molar refractivity (Wildman–Crippen MR) is 104 cm³/mol. The first kappa shape index (κ1) is 19.5. The first-order valence-corrected chi connectivity index (χ1v) is 10.4. The lowest BCUT2D eigenvalue weighted by atomic mass is 10.1. The molecule has 0 N–H and O–H groups in total. The van der Waals surface area contributed by atoms with E-state index in [-0.39, 0.29) is 10.7 Å². The molecule has 1 aliphatic heterocycles. The van der Waals surface area contributed by atoms with E-state index in [1.807, 2.05) is 30.3 Å². The Labute approximate surface area is 160 Å². The SMILES string of the molecule is COc1ccc(S(=O)(=O)N2CCN(CCC(=O)c3ccccc3)CC2)cc1. The molecule has 3 rings (SSSR count). The molecule has 7 heteroatoms. The molecule has 6 nitrogen and oxygen atoms in total. The van der Waals surface area contributed by atoms with E-state index in [9.17, 15) is 13.2 Å². The van der Waals surface area contributed by atoms with Gasteiger partial charge in [0.15, 0.2) is 5.78 Å². The lowest BCUT2D eigenvalue weighted by Crippen LogP contribution is -2.48. The van der Waals surface area contributed by atoms with Crippen LogP contribution in [0.2, 0.25) is 0 Å². The van der Waals surface area contributed by atoms with Gasteiger partial charge in [0.2, 0.25) is 10.0 Å². The number of carbonyl (C=O) groups excluding carboxylic acids is 1. The van der Waals surface area contributed by atoms with Crippen molar-refractivity contribution < 1.29 is 17.9 Å². The van der Waals surface area contributed by atoms with Gasteiger partial charge in [0, 0.05) is 44.7 Å². The molecule has 1 aliphatic rings. The maximum Gasteiger partial charge on any atom is 0.243 e. The third kappa shape index (κ3) is 4.74. The van der Waals surface area contributed by atoms with Crippen molar-refractivity contribution in [1.82, 2.24) is 9.21 Å². The third-order valence-corrected chi connectivity index (χ3v) is 6.69. The van der Waals surface area contributed by atoms with Gasteiger partial charge in [0.1, 0.15) is 5.75 Å². The minimum absolute atomic E-state index is 0.115. The summed E-state index contributed by atoms with van der Waals surface area (Å²) in [5, 5.41) is 0. The quantitative estimate of drug-likeness (QED) is 0.681. The number of ether oxygens (including phenoxy) is 1. The monoisotopic (exact) mass is 388 g/mol. The van der Waals surface area contributed by atoms with Gasteiger partial charge in [0.05, 0.1) is 12.0 Å². The summed E-state index contributed by atoms with van der Waals surface area (Å²) in [5.74, 6) is 0.741. The van der Waals surface area contributed by atoms with Crippen molar-refractivity contribution in [3.63, 3.8) is 0 Å². The van der Waals surface area contributed by atoms with Crippen LogP contribution in [0.15, 0.2) is 59.5 Å². The number of hydrogen-bond donors (Lipinski definition) is 0. The van der Waals surface area contributed by atoms with Crippen LogP contribution in [-0.4, -0.2) is 63.2 Å². The van der Waals surface area contributed by atoms with Gasteiger partial charge in [-0.2, -0.15) is 4.31 Å². The summed E-state index contributed by atoms with van der Waals surface area (Å²) >= 11 is 0. The molecule has 0 aliphatic carbocycles. The van der Waals surface area contributed by atoms with E-state index in [0.29, 0.717) is 44.9 Å². The fourth-order valence-electron chi connectivity index (χ4n) is 3.12. The van der Waals surface area contributed by atoms with E-state index in [2.05, 4.69) is 4.90 Å². The van der Waals surface area contributed by atoms with E-state index in [0.717, 1.165) is 5.56 Å². The number of methoxy groups -OCH3 is 1. The van der Waals surface area contributed by atoms with Crippen LogP contribution in [0.4, 0.5) is 0 Å². The third-order valence-electron chi connectivity index (χ3n) is 4.78. The van der Waals surface area contributed by atoms with Crippen molar-refractivity contribution in [2.45, 2.75) is 11.3 Å². The molecular formula is C20H24N2O4S. The molecule has 1 saturated heterocycles. The molecule has 0 amide bonds. The van der Waals surface area contributed by atoms with E-state index >= 15 is 0 Å². The number of ketones is 1. The Morgan fingerprint density at radius 2 is 1.59 bits per heavy atom. The van der Waals surface area contributed by atoms with Gasteiger partial charge in [0.25, 0.3) is 0 Å². The number of nitrogens with zero attached hydrogens (tertiary/aromatic N) is 2. The number of Topliss-reactive ketones (excluding diaryl/α,β-unsaturated/α-hetero) is 1. The highest BCUT2D eigenvalue weighted by molar-refractivity contribution is 7.89. The minimum Gasteiger partial charge on any atom is -0.497 e. The zero-order chi connectivity index (χ0) is 19.3. The lowest BCUT2D eigenvalue weighted by molar-refractivity contribution is 0.0952. The number of hydrogen-bond acceptors (Lipinski definition) is 5. The van der Waals surface area contributed by atoms with Crippen LogP contribution >= 0.6 is 0 Å². The second-order valence-corrected chi connectivity index (χ2v) is 8.40. The maximum atomic E-state index is 12.8. The topological polar surface area (TPSA) is 66.9 Å². The number of sulfonamides is 1. The zero-order valence-corrected chi connectivity index (χ0v) is 16.2. The maximum absolute atomic E-state index is 12.8. The standard InChI is InChI=1S/C20H24N2O4S/c1-26-18-7-9-19(10-8-18)27(24,25)22-15-13-21(14-16-22)12-11-20(23)17-5-3-2-4-6-17/h2-10H,11-16H2,1H3. The van der Waals surface area contributed by atoms with Gasteiger partial charge in [-0.3, -0.25) is 4.79 Å². The van der Waals surface area contributed by atoms with Crippen LogP contribution in [0.1, 0.15) is 16.8 Å². The number of rotatable bonds is 7. The smallest absolute Gasteiger partial charge is 0.243 e. The van der Waals surface area contributed by atoms with Crippen molar-refractivity contribution >= 4 is 15.8 Å². The number of carbonyl (C=O) groups is 1. The highest BCUT2D eigenvalue weighted by atomic mass is 32.2. The molecule has 0 saturated carbocycles. The summed E-state index contributed by atoms with van der Waals surface area (Å²) in [6, 6.07) is 15.7. The zero-order valence-electron chi connectivity index (χ0n) is 15.4. The lowest BCUT2D eigenvalue weighted by Gasteiger charge is -2.33. The summed E-state index contributed by atoms with van der Waals surface area (Å²) in [6.45, 7) is 2.74. The molecule has 0 spiro atoms. The van der Waals surface area contributed by atoms with Crippen LogP contribution in [0.3, 0.4) is 0 Å². The highest BCUT2D eigenvalue weighted by Gasteiger charge is 2.28. The van der Waals surface area contributed by atoms with Crippen molar-refractivity contribution in [2.24, 2.45) is 0 Å². The van der Waals surface area contributed by atoms with Crippen LogP contribution in [0, 0.1) is 0 Å². The van der Waals surface area contributed by atoms with Crippen LogP contribution in [0.25, 0.3) is 0 Å². The Hall–Kier alpha value is -2.22. The van der Waals surface area contributed by atoms with Crippen molar-refractivity contribution in [2.75, 3.05) is 39.8 Å². The van der Waals surface area contributed by atoms with E-state index in [4.69, 9.17) is 4.74 Å². The summed E-state index contributed by atoms with van der Waals surface area (Å²) in [5.41, 5.74) is 0.721. The van der Waals surface area contributed by atoms with Crippen LogP contribution < -0.4 is 4.74 Å². The molecule has 2 aromatic carbocycles. The number of benzene rings is 2. The van der Waals surface area contributed by atoms with Gasteiger partial charge >= 0.3 is 0 Å². The van der Waals surface area contributed by atoms with Gasteiger partial charge in [-0.05, 0) is 24.3 Å². The van der Waals surface area contributed by atoms with Gasteiger partial charge in [-0.25, -0.2) is 8.42 Å². The van der Waals surface area contributed by atoms with E-state index < -0.39 is 10.0 Å². The molecule has 27 heavy (non-hydrogen) atoms. The van der Waals surface area contributed by atoms with Crippen molar-refractivity contribution in [3.05, 3.63) is 60.2 Å². The molecule has 1 fully saturated rings. The molecule has 0 bridgehead atoms. The Morgan fingerprint density at radius 3 is 2.19 bits per heavy atom. The summed E-state index contributed by atoms with van der Waals surface area (Å²) in [6.07, 6.45) is 0.440. The molecule has 0 aromatic heterocycles. The second-order valence-electron chi connectivity index (χ2n) is 6.46. The largest absolute Gasteiger partial charge is 0.497 e. The van der Waals surface area contributed by atoms with Gasteiger partial charge in [-0.1, -0.05) is 30.3 Å². The fraction of sp³-hybridized carbons (Fsp3) is 0.350. The highest BCUT2D eigenvalue weighted by Crippen LogP contribution is 2.20. The van der Waals surface area contributed by atoms with Crippen molar-refractivity contribution in [3.8, 4) is 5.75 Å². The first-order chi connectivity index (χ1) is 13.0. The predicted octanol–water partition coefficient (Wildman–Crippen LogP) is 2.27. The molecule has 0 atom stereocenters. The first-order valence-electron chi connectivity index (χ1n) is 8.95.